The molecule has 0 radical (unpaired) electrons. The molecule has 0 aliphatic rings. The largest absolute Gasteiger partial charge is 0.508 e. The number of rotatable bonds is 4. The SMILES string of the molecule is Cc1cc(-n2nc(-c3ccc(O)cc3)c(-c3ccc(O)cc3)c2-c2ccc(O)cc2)nc2c1cnn2C. The number of benzene rings is 3. The average molecular weight is 490 g/mol. The minimum Gasteiger partial charge on any atom is -0.508 e. The van der Waals surface area contributed by atoms with Gasteiger partial charge >= 0.3 is 0 Å². The Kier molecular flexibility index (Phi) is 5.15. The van der Waals surface area contributed by atoms with E-state index in [2.05, 4.69) is 5.10 Å². The molecule has 0 spiro atoms. The van der Waals surface area contributed by atoms with Gasteiger partial charge in [-0.15, -0.1) is 0 Å². The number of fused-ring (bicyclic) bond motifs is 1. The molecule has 0 aliphatic carbocycles. The van der Waals surface area contributed by atoms with Gasteiger partial charge < -0.3 is 15.3 Å². The van der Waals surface area contributed by atoms with E-state index in [9.17, 15) is 15.3 Å². The van der Waals surface area contributed by atoms with Crippen molar-refractivity contribution in [3.63, 3.8) is 0 Å². The van der Waals surface area contributed by atoms with Gasteiger partial charge in [-0.05, 0) is 84.8 Å². The normalized spacial score (nSPS) is 11.3. The minimum absolute atomic E-state index is 0.157. The molecule has 0 amide bonds. The quantitative estimate of drug-likeness (QED) is 0.298. The predicted molar refractivity (Wildman–Crippen MR) is 142 cm³/mol. The highest BCUT2D eigenvalue weighted by molar-refractivity contribution is 5.93. The molecule has 6 aromatic rings. The van der Waals surface area contributed by atoms with E-state index in [-0.39, 0.29) is 17.2 Å². The first-order valence-electron chi connectivity index (χ1n) is 11.7. The summed E-state index contributed by atoms with van der Waals surface area (Å²) >= 11 is 0. The van der Waals surface area contributed by atoms with Gasteiger partial charge in [-0.2, -0.15) is 10.2 Å². The van der Waals surface area contributed by atoms with Crippen molar-refractivity contribution >= 4 is 11.0 Å². The molecule has 8 heteroatoms. The number of aromatic hydroxyl groups is 3. The topological polar surface area (TPSA) is 109 Å². The molecule has 6 rings (SSSR count). The van der Waals surface area contributed by atoms with Crippen molar-refractivity contribution in [2.75, 3.05) is 0 Å². The van der Waals surface area contributed by atoms with Gasteiger partial charge in [0.25, 0.3) is 0 Å². The van der Waals surface area contributed by atoms with Crippen LogP contribution in [-0.2, 0) is 7.05 Å². The second-order valence-corrected chi connectivity index (χ2v) is 8.93. The van der Waals surface area contributed by atoms with Crippen LogP contribution >= 0.6 is 0 Å². The molecule has 37 heavy (non-hydrogen) atoms. The van der Waals surface area contributed by atoms with Gasteiger partial charge in [-0.3, -0.25) is 4.68 Å². The zero-order valence-corrected chi connectivity index (χ0v) is 20.2. The Bertz CT molecular complexity index is 1750. The number of pyridine rings is 1. The van der Waals surface area contributed by atoms with Gasteiger partial charge in [0.1, 0.15) is 22.9 Å². The van der Waals surface area contributed by atoms with E-state index in [1.807, 2.05) is 56.4 Å². The molecule has 0 bridgehead atoms. The molecule has 0 aliphatic heterocycles. The van der Waals surface area contributed by atoms with Crippen molar-refractivity contribution in [3.05, 3.63) is 90.6 Å². The maximum absolute atomic E-state index is 9.98. The summed E-state index contributed by atoms with van der Waals surface area (Å²) in [4.78, 5) is 4.91. The summed E-state index contributed by atoms with van der Waals surface area (Å²) in [5.41, 5.74) is 6.48. The number of hydrogen-bond acceptors (Lipinski definition) is 6. The van der Waals surface area contributed by atoms with E-state index in [0.29, 0.717) is 11.5 Å². The molecule has 3 heterocycles. The molecule has 0 unspecified atom stereocenters. The summed E-state index contributed by atoms with van der Waals surface area (Å²) in [5, 5.41) is 40.2. The number of aromatic nitrogens is 5. The van der Waals surface area contributed by atoms with Gasteiger partial charge in [0.15, 0.2) is 11.5 Å². The van der Waals surface area contributed by atoms with E-state index in [0.717, 1.165) is 44.5 Å². The van der Waals surface area contributed by atoms with Crippen LogP contribution in [0.5, 0.6) is 17.2 Å². The van der Waals surface area contributed by atoms with Crippen LogP contribution in [0, 0.1) is 6.92 Å². The molecule has 0 fully saturated rings. The third-order valence-electron chi connectivity index (χ3n) is 6.44. The molecule has 0 saturated carbocycles. The van der Waals surface area contributed by atoms with Gasteiger partial charge in [0.2, 0.25) is 0 Å². The highest BCUT2D eigenvalue weighted by Gasteiger charge is 2.24. The molecule has 3 N–H and O–H groups in total. The molecular weight excluding hydrogens is 466 g/mol. The highest BCUT2D eigenvalue weighted by atomic mass is 16.3. The molecule has 0 saturated heterocycles. The Morgan fingerprint density at radius 3 is 1.84 bits per heavy atom. The van der Waals surface area contributed by atoms with E-state index < -0.39 is 0 Å². The van der Waals surface area contributed by atoms with E-state index in [1.54, 1.807) is 52.0 Å². The van der Waals surface area contributed by atoms with Crippen LogP contribution in [0.2, 0.25) is 0 Å². The van der Waals surface area contributed by atoms with Gasteiger partial charge in [0, 0.05) is 29.1 Å². The fourth-order valence-corrected chi connectivity index (χ4v) is 4.56. The van der Waals surface area contributed by atoms with Crippen molar-refractivity contribution in [3.8, 4) is 56.7 Å². The molecule has 3 aromatic carbocycles. The average Bonchev–Trinajstić information content (AvgIpc) is 3.47. The number of aryl methyl sites for hydroxylation is 2. The molecular formula is C29H23N5O3. The molecule has 8 nitrogen and oxygen atoms in total. The Balaban J connectivity index is 1.72. The summed E-state index contributed by atoms with van der Waals surface area (Å²) in [7, 11) is 1.85. The van der Waals surface area contributed by atoms with Crippen LogP contribution in [-0.4, -0.2) is 39.9 Å². The number of nitrogens with zero attached hydrogens (tertiary/aromatic N) is 5. The van der Waals surface area contributed by atoms with Crippen molar-refractivity contribution in [2.45, 2.75) is 6.92 Å². The van der Waals surface area contributed by atoms with Crippen LogP contribution in [0.3, 0.4) is 0 Å². The summed E-state index contributed by atoms with van der Waals surface area (Å²) < 4.78 is 3.54. The fourth-order valence-electron chi connectivity index (χ4n) is 4.56. The third-order valence-corrected chi connectivity index (χ3v) is 6.44. The summed E-state index contributed by atoms with van der Waals surface area (Å²) in [5.74, 6) is 1.09. The summed E-state index contributed by atoms with van der Waals surface area (Å²) in [6, 6.07) is 22.8. The Morgan fingerprint density at radius 2 is 1.24 bits per heavy atom. The smallest absolute Gasteiger partial charge is 0.160 e. The summed E-state index contributed by atoms with van der Waals surface area (Å²) in [6.07, 6.45) is 1.80. The monoisotopic (exact) mass is 489 g/mol. The van der Waals surface area contributed by atoms with Crippen molar-refractivity contribution in [1.29, 1.82) is 0 Å². The molecule has 3 aromatic heterocycles. The van der Waals surface area contributed by atoms with Crippen LogP contribution in [0.25, 0.3) is 50.5 Å². The third kappa shape index (κ3) is 3.84. The Labute approximate surface area is 212 Å². The standard InChI is InChI=1S/C29H23N5O3/c1-17-15-25(31-29-24(17)16-30-33(29)2)34-28(20-7-13-23(37)14-8-20)26(18-3-9-21(35)10-4-18)27(32-34)19-5-11-22(36)12-6-19/h3-16,35-37H,1-2H3. The first-order chi connectivity index (χ1) is 17.9. The minimum atomic E-state index is 0.157. The van der Waals surface area contributed by atoms with Crippen LogP contribution < -0.4 is 0 Å². The van der Waals surface area contributed by atoms with E-state index in [4.69, 9.17) is 10.1 Å². The highest BCUT2D eigenvalue weighted by Crippen LogP contribution is 2.42. The lowest BCUT2D eigenvalue weighted by Gasteiger charge is -2.12. The van der Waals surface area contributed by atoms with Crippen molar-refractivity contribution in [2.24, 2.45) is 7.05 Å². The fraction of sp³-hybridized carbons (Fsp3) is 0.0690. The van der Waals surface area contributed by atoms with Crippen LogP contribution in [0.1, 0.15) is 5.56 Å². The van der Waals surface area contributed by atoms with Crippen LogP contribution in [0.15, 0.2) is 85.1 Å². The van der Waals surface area contributed by atoms with Gasteiger partial charge in [-0.1, -0.05) is 12.1 Å². The lowest BCUT2D eigenvalue weighted by molar-refractivity contribution is 0.475. The number of phenols is 3. The van der Waals surface area contributed by atoms with E-state index in [1.165, 1.54) is 0 Å². The predicted octanol–water partition coefficient (Wildman–Crippen LogP) is 5.58. The Hall–Kier alpha value is -5.11. The second kappa shape index (κ2) is 8.53. The first kappa shape index (κ1) is 22.4. The summed E-state index contributed by atoms with van der Waals surface area (Å²) in [6.45, 7) is 2.01. The Morgan fingerprint density at radius 1 is 0.703 bits per heavy atom. The van der Waals surface area contributed by atoms with Crippen molar-refractivity contribution in [1.82, 2.24) is 24.5 Å². The van der Waals surface area contributed by atoms with Gasteiger partial charge in [-0.25, -0.2) is 9.67 Å². The zero-order chi connectivity index (χ0) is 25.7. The zero-order valence-electron chi connectivity index (χ0n) is 20.2. The number of phenolic OH excluding ortho intramolecular Hbond substituents is 3. The van der Waals surface area contributed by atoms with Gasteiger partial charge in [0.05, 0.1) is 11.9 Å². The maximum atomic E-state index is 9.98. The number of hydrogen-bond donors (Lipinski definition) is 3. The maximum Gasteiger partial charge on any atom is 0.160 e. The lowest BCUT2D eigenvalue weighted by Crippen LogP contribution is -2.04. The van der Waals surface area contributed by atoms with Crippen molar-refractivity contribution < 1.29 is 15.3 Å². The molecule has 0 atom stereocenters. The lowest BCUT2D eigenvalue weighted by atomic mass is 9.95. The van der Waals surface area contributed by atoms with E-state index >= 15 is 0 Å². The van der Waals surface area contributed by atoms with Crippen LogP contribution in [0.4, 0.5) is 0 Å². The second-order valence-electron chi connectivity index (χ2n) is 8.93. The molecule has 182 valence electrons. The first-order valence-corrected chi connectivity index (χ1v) is 11.7.